The maximum atomic E-state index is 12.9. The highest BCUT2D eigenvalue weighted by Crippen LogP contribution is 2.28. The van der Waals surface area contributed by atoms with Crippen LogP contribution in [0.2, 0.25) is 0 Å². The standard InChI is InChI=1S/C12H10ClF2NO2/c1-18-11(17)4-9-8(6-16)2-7(5-13)3-10(9)12(14)15/h2-3,12H,4-5H2,1H3. The molecular formula is C12H10ClF2NO2. The first-order valence-corrected chi connectivity index (χ1v) is 5.53. The lowest BCUT2D eigenvalue weighted by Crippen LogP contribution is -2.10. The van der Waals surface area contributed by atoms with E-state index in [4.69, 9.17) is 16.9 Å². The van der Waals surface area contributed by atoms with Crippen LogP contribution in [0.25, 0.3) is 0 Å². The largest absolute Gasteiger partial charge is 0.469 e. The van der Waals surface area contributed by atoms with Crippen molar-refractivity contribution >= 4 is 17.6 Å². The number of carbonyl (C=O) groups is 1. The molecule has 0 bridgehead atoms. The second-order valence-corrected chi connectivity index (χ2v) is 3.78. The highest BCUT2D eigenvalue weighted by Gasteiger charge is 2.20. The minimum Gasteiger partial charge on any atom is -0.469 e. The van der Waals surface area contributed by atoms with Crippen LogP contribution in [0.5, 0.6) is 0 Å². The average molecular weight is 274 g/mol. The van der Waals surface area contributed by atoms with Gasteiger partial charge in [0.05, 0.1) is 25.2 Å². The molecule has 0 N–H and O–H groups in total. The number of nitriles is 1. The third kappa shape index (κ3) is 3.17. The minimum absolute atomic E-state index is 0.00628. The van der Waals surface area contributed by atoms with Gasteiger partial charge in [0.25, 0.3) is 6.43 Å². The zero-order chi connectivity index (χ0) is 13.7. The third-order valence-electron chi connectivity index (χ3n) is 2.40. The second kappa shape index (κ2) is 6.31. The van der Waals surface area contributed by atoms with Gasteiger partial charge in [0.15, 0.2) is 0 Å². The number of nitrogens with zero attached hydrogens (tertiary/aromatic N) is 1. The van der Waals surface area contributed by atoms with E-state index in [0.29, 0.717) is 5.56 Å². The Balaban J connectivity index is 3.36. The molecule has 1 aromatic rings. The van der Waals surface area contributed by atoms with Crippen LogP contribution in [0.4, 0.5) is 8.78 Å². The number of alkyl halides is 3. The number of halogens is 3. The van der Waals surface area contributed by atoms with E-state index in [-0.39, 0.29) is 29.0 Å². The fourth-order valence-corrected chi connectivity index (χ4v) is 1.70. The Kier molecular flexibility index (Phi) is 5.05. The average Bonchev–Trinajstić information content (AvgIpc) is 2.38. The zero-order valence-electron chi connectivity index (χ0n) is 9.54. The lowest BCUT2D eigenvalue weighted by Gasteiger charge is -2.11. The van der Waals surface area contributed by atoms with Gasteiger partial charge in [-0.25, -0.2) is 8.78 Å². The van der Waals surface area contributed by atoms with Crippen molar-refractivity contribution in [3.63, 3.8) is 0 Å². The van der Waals surface area contributed by atoms with Crippen molar-refractivity contribution in [2.45, 2.75) is 18.7 Å². The van der Waals surface area contributed by atoms with Crippen molar-refractivity contribution in [3.05, 3.63) is 34.4 Å². The molecule has 6 heteroatoms. The molecule has 0 aromatic heterocycles. The van der Waals surface area contributed by atoms with Crippen molar-refractivity contribution < 1.29 is 18.3 Å². The Morgan fingerprint density at radius 1 is 1.56 bits per heavy atom. The quantitative estimate of drug-likeness (QED) is 0.626. The molecule has 0 fully saturated rings. The first kappa shape index (κ1) is 14.4. The zero-order valence-corrected chi connectivity index (χ0v) is 10.3. The summed E-state index contributed by atoms with van der Waals surface area (Å²) in [5, 5.41) is 8.94. The molecule has 0 aliphatic carbocycles. The lowest BCUT2D eigenvalue weighted by atomic mass is 9.96. The van der Waals surface area contributed by atoms with Gasteiger partial charge in [-0.3, -0.25) is 4.79 Å². The molecule has 0 aliphatic heterocycles. The number of esters is 1. The number of benzene rings is 1. The Hall–Kier alpha value is -1.67. The fourth-order valence-electron chi connectivity index (χ4n) is 1.54. The molecule has 3 nitrogen and oxygen atoms in total. The molecule has 0 unspecified atom stereocenters. The van der Waals surface area contributed by atoms with Crippen LogP contribution in [0.3, 0.4) is 0 Å². The maximum absolute atomic E-state index is 12.9. The Morgan fingerprint density at radius 3 is 2.67 bits per heavy atom. The predicted molar refractivity (Wildman–Crippen MR) is 61.4 cm³/mol. The van der Waals surface area contributed by atoms with E-state index in [2.05, 4.69) is 4.74 Å². The van der Waals surface area contributed by atoms with Crippen LogP contribution in [0.15, 0.2) is 12.1 Å². The van der Waals surface area contributed by atoms with Gasteiger partial charge >= 0.3 is 5.97 Å². The Labute approximate surface area is 108 Å². The molecular weight excluding hydrogens is 264 g/mol. The molecule has 0 spiro atoms. The summed E-state index contributed by atoms with van der Waals surface area (Å²) in [6.07, 6.45) is -3.14. The molecule has 0 radical (unpaired) electrons. The molecule has 0 atom stereocenters. The van der Waals surface area contributed by atoms with Crippen LogP contribution >= 0.6 is 11.6 Å². The number of hydrogen-bond acceptors (Lipinski definition) is 3. The van der Waals surface area contributed by atoms with Crippen LogP contribution in [-0.4, -0.2) is 13.1 Å². The van der Waals surface area contributed by atoms with E-state index in [1.165, 1.54) is 12.1 Å². The molecule has 1 aromatic carbocycles. The van der Waals surface area contributed by atoms with E-state index in [1.807, 2.05) is 0 Å². The van der Waals surface area contributed by atoms with E-state index >= 15 is 0 Å². The van der Waals surface area contributed by atoms with Crippen molar-refractivity contribution in [3.8, 4) is 6.07 Å². The van der Waals surface area contributed by atoms with Crippen LogP contribution in [-0.2, 0) is 21.8 Å². The molecule has 96 valence electrons. The number of ether oxygens (including phenoxy) is 1. The van der Waals surface area contributed by atoms with E-state index in [9.17, 15) is 13.6 Å². The summed E-state index contributed by atoms with van der Waals surface area (Å²) in [6, 6.07) is 4.40. The van der Waals surface area contributed by atoms with Gasteiger partial charge in [0.2, 0.25) is 0 Å². The predicted octanol–water partition coefficient (Wildman–Crippen LogP) is 2.95. The Morgan fingerprint density at radius 2 is 2.22 bits per heavy atom. The van der Waals surface area contributed by atoms with Crippen LogP contribution in [0.1, 0.15) is 28.7 Å². The van der Waals surface area contributed by atoms with E-state index < -0.39 is 12.4 Å². The van der Waals surface area contributed by atoms with Gasteiger partial charge in [-0.1, -0.05) is 0 Å². The van der Waals surface area contributed by atoms with Crippen molar-refractivity contribution in [2.75, 3.05) is 7.11 Å². The second-order valence-electron chi connectivity index (χ2n) is 3.51. The smallest absolute Gasteiger partial charge is 0.310 e. The monoisotopic (exact) mass is 273 g/mol. The molecule has 0 heterocycles. The first-order chi connectivity index (χ1) is 8.53. The summed E-state index contributed by atoms with van der Waals surface area (Å²) in [4.78, 5) is 11.2. The number of hydrogen-bond donors (Lipinski definition) is 0. The maximum Gasteiger partial charge on any atom is 0.310 e. The van der Waals surface area contributed by atoms with Gasteiger partial charge in [-0.05, 0) is 23.3 Å². The summed E-state index contributed by atoms with van der Waals surface area (Å²) in [5.74, 6) is -0.653. The van der Waals surface area contributed by atoms with Gasteiger partial charge in [-0.15, -0.1) is 11.6 Å². The molecule has 0 saturated carbocycles. The number of carbonyl (C=O) groups excluding carboxylic acids is 1. The molecule has 1 rings (SSSR count). The van der Waals surface area contributed by atoms with Crippen molar-refractivity contribution in [2.24, 2.45) is 0 Å². The first-order valence-electron chi connectivity index (χ1n) is 5.00. The van der Waals surface area contributed by atoms with E-state index in [1.54, 1.807) is 6.07 Å². The summed E-state index contributed by atoms with van der Waals surface area (Å²) in [7, 11) is 1.16. The summed E-state index contributed by atoms with van der Waals surface area (Å²) < 4.78 is 30.2. The molecule has 0 saturated heterocycles. The summed E-state index contributed by atoms with van der Waals surface area (Å²) >= 11 is 5.57. The summed E-state index contributed by atoms with van der Waals surface area (Å²) in [6.45, 7) is 0. The fraction of sp³-hybridized carbons (Fsp3) is 0.333. The highest BCUT2D eigenvalue weighted by molar-refractivity contribution is 6.17. The van der Waals surface area contributed by atoms with Crippen LogP contribution in [0, 0.1) is 11.3 Å². The normalized spacial score (nSPS) is 10.2. The summed E-state index contributed by atoms with van der Waals surface area (Å²) in [5.41, 5.74) is 0.0781. The van der Waals surface area contributed by atoms with Gasteiger partial charge in [-0.2, -0.15) is 5.26 Å². The van der Waals surface area contributed by atoms with Crippen LogP contribution < -0.4 is 0 Å². The molecule has 0 aliphatic rings. The Bertz CT molecular complexity index is 498. The SMILES string of the molecule is COC(=O)Cc1c(C#N)cc(CCl)cc1C(F)F. The molecule has 18 heavy (non-hydrogen) atoms. The van der Waals surface area contributed by atoms with Gasteiger partial charge in [0.1, 0.15) is 0 Å². The highest BCUT2D eigenvalue weighted by atomic mass is 35.5. The lowest BCUT2D eigenvalue weighted by molar-refractivity contribution is -0.139. The topological polar surface area (TPSA) is 50.1 Å². The van der Waals surface area contributed by atoms with Crippen molar-refractivity contribution in [1.29, 1.82) is 5.26 Å². The number of methoxy groups -OCH3 is 1. The molecule has 0 amide bonds. The number of rotatable bonds is 4. The minimum atomic E-state index is -2.78. The third-order valence-corrected chi connectivity index (χ3v) is 2.71. The van der Waals surface area contributed by atoms with E-state index in [0.717, 1.165) is 7.11 Å². The van der Waals surface area contributed by atoms with Crippen molar-refractivity contribution in [1.82, 2.24) is 0 Å². The van der Waals surface area contributed by atoms with Gasteiger partial charge < -0.3 is 4.74 Å². The van der Waals surface area contributed by atoms with Gasteiger partial charge in [0, 0.05) is 11.4 Å².